The molecule has 0 fully saturated rings. The number of nitrogens with one attached hydrogen (secondary N) is 1. The fourth-order valence-electron chi connectivity index (χ4n) is 3.80. The molecule has 9 nitrogen and oxygen atoms in total. The number of anilines is 4. The van der Waals surface area contributed by atoms with Crippen LogP contribution in [-0.4, -0.2) is 49.9 Å². The fraction of sp³-hybridized carbons (Fsp3) is 0.192. The molecule has 4 aromatic rings. The van der Waals surface area contributed by atoms with Crippen LogP contribution >= 0.6 is 11.6 Å². The first kappa shape index (κ1) is 26.2. The molecule has 37 heavy (non-hydrogen) atoms. The Morgan fingerprint density at radius 2 is 1.76 bits per heavy atom. The van der Waals surface area contributed by atoms with Crippen LogP contribution in [0.4, 0.5) is 23.0 Å². The van der Waals surface area contributed by atoms with Gasteiger partial charge >= 0.3 is 0 Å². The molecule has 0 bridgehead atoms. The summed E-state index contributed by atoms with van der Waals surface area (Å²) in [4.78, 5) is 23.8. The molecule has 3 aromatic carbocycles. The monoisotopic (exact) mass is 539 g/mol. The maximum absolute atomic E-state index is 12.9. The van der Waals surface area contributed by atoms with Crippen LogP contribution in [-0.2, 0) is 10.9 Å². The van der Waals surface area contributed by atoms with E-state index < -0.39 is 10.9 Å². The lowest BCUT2D eigenvalue weighted by Crippen LogP contribution is -2.27. The van der Waals surface area contributed by atoms with E-state index in [0.717, 1.165) is 10.7 Å². The van der Waals surface area contributed by atoms with Gasteiger partial charge in [0, 0.05) is 25.2 Å². The largest absolute Gasteiger partial charge is 0.497 e. The number of carbonyl (C=O) groups is 1. The maximum Gasteiger partial charge on any atom is 0.253 e. The SMILES string of the molecule is CCCN(C)C(=O)c1cccc(N(c2nc3ccccc3nc2Nc2cc(OC)ccc2Cl)[SH](=O)=O)c1. The molecule has 1 amide bonds. The Kier molecular flexibility index (Phi) is 8.10. The summed E-state index contributed by atoms with van der Waals surface area (Å²) in [7, 11) is 0.0144. The van der Waals surface area contributed by atoms with Crippen LogP contribution in [0, 0.1) is 0 Å². The lowest BCUT2D eigenvalue weighted by atomic mass is 10.1. The van der Waals surface area contributed by atoms with E-state index in [2.05, 4.69) is 15.3 Å². The second-order valence-electron chi connectivity index (χ2n) is 8.18. The quantitative estimate of drug-likeness (QED) is 0.282. The van der Waals surface area contributed by atoms with E-state index >= 15 is 0 Å². The van der Waals surface area contributed by atoms with Gasteiger partial charge in [0.1, 0.15) is 5.75 Å². The molecule has 11 heteroatoms. The normalized spacial score (nSPS) is 10.9. The molecule has 192 valence electrons. The lowest BCUT2D eigenvalue weighted by Gasteiger charge is -2.22. The molecular weight excluding hydrogens is 514 g/mol. The molecule has 0 unspecified atom stereocenters. The smallest absolute Gasteiger partial charge is 0.253 e. The Bertz CT molecular complexity index is 1520. The van der Waals surface area contributed by atoms with E-state index in [0.29, 0.717) is 39.6 Å². The zero-order valence-corrected chi connectivity index (χ0v) is 22.2. The highest BCUT2D eigenvalue weighted by Crippen LogP contribution is 2.36. The number of aromatic nitrogens is 2. The summed E-state index contributed by atoms with van der Waals surface area (Å²) in [5, 5.41) is 3.50. The molecule has 1 heterocycles. The van der Waals surface area contributed by atoms with Crippen LogP contribution in [0.25, 0.3) is 11.0 Å². The number of nitrogens with zero attached hydrogens (tertiary/aromatic N) is 4. The van der Waals surface area contributed by atoms with Crippen molar-refractivity contribution in [3.05, 3.63) is 77.3 Å². The summed E-state index contributed by atoms with van der Waals surface area (Å²) in [6.45, 7) is 2.56. The minimum atomic E-state index is -3.23. The molecule has 0 radical (unpaired) electrons. The minimum absolute atomic E-state index is 0.0280. The third-order valence-corrected chi connectivity index (χ3v) is 6.66. The number of para-hydroxylation sites is 2. The van der Waals surface area contributed by atoms with Crippen molar-refractivity contribution < 1.29 is 17.9 Å². The molecule has 0 aliphatic carbocycles. The van der Waals surface area contributed by atoms with Crippen molar-refractivity contribution in [1.82, 2.24) is 14.9 Å². The molecule has 1 N–H and O–H groups in total. The summed E-state index contributed by atoms with van der Waals surface area (Å²) in [5.41, 5.74) is 2.11. The number of hydrogen-bond donors (Lipinski definition) is 2. The zero-order chi connectivity index (χ0) is 26.5. The van der Waals surface area contributed by atoms with Gasteiger partial charge < -0.3 is 15.0 Å². The second kappa shape index (κ2) is 11.4. The minimum Gasteiger partial charge on any atom is -0.497 e. The second-order valence-corrected chi connectivity index (χ2v) is 9.46. The number of methoxy groups -OCH3 is 1. The van der Waals surface area contributed by atoms with Gasteiger partial charge in [-0.2, -0.15) is 0 Å². The molecule has 1 aromatic heterocycles. The molecule has 4 rings (SSSR count). The number of carbonyl (C=O) groups excluding carboxylic acids is 1. The van der Waals surface area contributed by atoms with Gasteiger partial charge in [-0.25, -0.2) is 22.7 Å². The molecule has 0 saturated heterocycles. The van der Waals surface area contributed by atoms with Crippen LogP contribution in [0.3, 0.4) is 0 Å². The molecular formula is C26H26ClN5O4S. The number of fused-ring (bicyclic) bond motifs is 1. The lowest BCUT2D eigenvalue weighted by molar-refractivity contribution is 0.0795. The van der Waals surface area contributed by atoms with Crippen LogP contribution in [0.5, 0.6) is 5.75 Å². The predicted octanol–water partition coefficient (Wildman–Crippen LogP) is 5.18. The van der Waals surface area contributed by atoms with E-state index in [9.17, 15) is 13.2 Å². The first-order valence-electron chi connectivity index (χ1n) is 11.5. The molecule has 0 aliphatic rings. The van der Waals surface area contributed by atoms with Crippen molar-refractivity contribution >= 4 is 62.4 Å². The van der Waals surface area contributed by atoms with Gasteiger partial charge in [0.05, 0.1) is 34.5 Å². The van der Waals surface area contributed by atoms with E-state index in [1.165, 1.54) is 13.2 Å². The van der Waals surface area contributed by atoms with Gasteiger partial charge in [-0.3, -0.25) is 4.79 Å². The van der Waals surface area contributed by atoms with Gasteiger partial charge in [0.25, 0.3) is 5.91 Å². The summed E-state index contributed by atoms with van der Waals surface area (Å²) in [6, 6.07) is 18.6. The van der Waals surface area contributed by atoms with Gasteiger partial charge in [-0.1, -0.05) is 36.7 Å². The average Bonchev–Trinajstić information content (AvgIpc) is 2.90. The zero-order valence-electron chi connectivity index (χ0n) is 20.5. The summed E-state index contributed by atoms with van der Waals surface area (Å²) in [5.74, 6) is 0.528. The fourth-order valence-corrected chi connectivity index (χ4v) is 4.57. The highest BCUT2D eigenvalue weighted by atomic mass is 35.5. The first-order valence-corrected chi connectivity index (χ1v) is 13.0. The predicted molar refractivity (Wildman–Crippen MR) is 147 cm³/mol. The molecule has 0 atom stereocenters. The van der Waals surface area contributed by atoms with Crippen LogP contribution in [0.1, 0.15) is 23.7 Å². The third kappa shape index (κ3) is 5.76. The van der Waals surface area contributed by atoms with Crippen molar-refractivity contribution in [3.8, 4) is 5.75 Å². The standard InChI is InChI=1S/C26H26ClN5O4S/c1-4-14-31(2)26(33)17-8-7-9-18(15-17)32(37(34)35)25-24(28-21-10-5-6-11-22(21)30-25)29-23-16-19(36-3)12-13-20(23)27/h5-13,15-16,37H,4,14H2,1-3H3,(H,28,29). The third-order valence-electron chi connectivity index (χ3n) is 5.59. The molecule has 0 spiro atoms. The number of benzene rings is 3. The van der Waals surface area contributed by atoms with Crippen molar-refractivity contribution in [2.45, 2.75) is 13.3 Å². The number of thiol groups is 1. The van der Waals surface area contributed by atoms with Crippen molar-refractivity contribution in [1.29, 1.82) is 0 Å². The Balaban J connectivity index is 1.86. The van der Waals surface area contributed by atoms with Crippen molar-refractivity contribution in [2.75, 3.05) is 30.3 Å². The summed E-state index contributed by atoms with van der Waals surface area (Å²) in [6.07, 6.45) is 0.801. The van der Waals surface area contributed by atoms with Gasteiger partial charge in [-0.05, 0) is 48.9 Å². The summed E-state index contributed by atoms with van der Waals surface area (Å²) < 4.78 is 31.6. The number of rotatable bonds is 9. The number of ether oxygens (including phenoxy) is 1. The molecule has 0 aliphatic heterocycles. The van der Waals surface area contributed by atoms with Gasteiger partial charge in [0.2, 0.25) is 10.9 Å². The average molecular weight is 540 g/mol. The van der Waals surface area contributed by atoms with E-state index in [1.54, 1.807) is 66.5 Å². The van der Waals surface area contributed by atoms with E-state index in [1.807, 2.05) is 13.0 Å². The Morgan fingerprint density at radius 3 is 2.43 bits per heavy atom. The number of halogens is 1. The van der Waals surface area contributed by atoms with Gasteiger partial charge in [-0.15, -0.1) is 0 Å². The van der Waals surface area contributed by atoms with Crippen molar-refractivity contribution in [2.24, 2.45) is 0 Å². The van der Waals surface area contributed by atoms with Crippen LogP contribution in [0.2, 0.25) is 5.02 Å². The summed E-state index contributed by atoms with van der Waals surface area (Å²) >= 11 is 6.40. The van der Waals surface area contributed by atoms with Crippen LogP contribution < -0.4 is 14.4 Å². The van der Waals surface area contributed by atoms with Crippen molar-refractivity contribution in [3.63, 3.8) is 0 Å². The number of amides is 1. The van der Waals surface area contributed by atoms with Gasteiger partial charge in [0.15, 0.2) is 11.6 Å². The topological polar surface area (TPSA) is 105 Å². The Hall–Kier alpha value is -3.89. The molecule has 0 saturated carbocycles. The number of hydrogen-bond acceptors (Lipinski definition) is 7. The highest BCUT2D eigenvalue weighted by Gasteiger charge is 2.23. The van der Waals surface area contributed by atoms with Crippen LogP contribution in [0.15, 0.2) is 66.7 Å². The van der Waals surface area contributed by atoms with E-state index in [-0.39, 0.29) is 23.2 Å². The van der Waals surface area contributed by atoms with E-state index in [4.69, 9.17) is 16.3 Å². The maximum atomic E-state index is 12.9. The first-order chi connectivity index (χ1) is 17.8. The highest BCUT2D eigenvalue weighted by molar-refractivity contribution is 7.74. The Morgan fingerprint density at radius 1 is 1.03 bits per heavy atom. The Labute approximate surface area is 221 Å².